The standard InChI is InChI=1S/C50H33N3O2/c1-31-17-24-44-43-14-8-15-45(49(43)55-50(44)52-31)48-26-23-35(30-51-48)40-11-4-6-13-42(40)37-27-36(28-38(54)29-37)41-12-5-3-10-39(41)32-18-20-34(21-19-32)47-25-22-33-9-2-7-16-46(33)53-47/h2-30,54H,1H3. The first-order chi connectivity index (χ1) is 27.1. The molecule has 10 aromatic rings. The second-order valence-electron chi connectivity index (χ2n) is 13.8. The maximum atomic E-state index is 11.2. The molecule has 5 nitrogen and oxygen atoms in total. The maximum absolute atomic E-state index is 11.2. The largest absolute Gasteiger partial charge is 0.508 e. The van der Waals surface area contributed by atoms with Gasteiger partial charge in [-0.1, -0.05) is 115 Å². The number of aryl methyl sites for hydroxylation is 1. The minimum Gasteiger partial charge on any atom is -0.508 e. The van der Waals surface area contributed by atoms with Crippen molar-refractivity contribution in [3.05, 3.63) is 182 Å². The number of phenolic OH excluding ortho intramolecular Hbond substituents is 1. The molecule has 0 unspecified atom stereocenters. The third-order valence-corrected chi connectivity index (χ3v) is 10.3. The number of furan rings is 1. The van der Waals surface area contributed by atoms with E-state index in [1.807, 2.05) is 85.9 Å². The highest BCUT2D eigenvalue weighted by Crippen LogP contribution is 2.41. The monoisotopic (exact) mass is 707 g/mol. The molecule has 5 heteroatoms. The van der Waals surface area contributed by atoms with Crippen LogP contribution in [0.1, 0.15) is 5.69 Å². The minimum absolute atomic E-state index is 0.201. The molecule has 10 rings (SSSR count). The molecule has 0 aliphatic rings. The summed E-state index contributed by atoms with van der Waals surface area (Å²) in [7, 11) is 0. The van der Waals surface area contributed by atoms with Crippen molar-refractivity contribution in [3.8, 4) is 72.8 Å². The number of nitrogens with zero attached hydrogens (tertiary/aromatic N) is 3. The zero-order valence-electron chi connectivity index (χ0n) is 29.9. The summed E-state index contributed by atoms with van der Waals surface area (Å²) in [6.45, 7) is 1.97. The van der Waals surface area contributed by atoms with Crippen LogP contribution in [0.25, 0.3) is 100.0 Å². The van der Waals surface area contributed by atoms with E-state index in [1.54, 1.807) is 0 Å². The van der Waals surface area contributed by atoms with Crippen LogP contribution in [0.5, 0.6) is 5.75 Å². The molecular formula is C50H33N3O2. The molecule has 0 aliphatic carbocycles. The van der Waals surface area contributed by atoms with Crippen LogP contribution in [-0.4, -0.2) is 20.1 Å². The Bertz CT molecular complexity index is 3050. The number of phenols is 1. The van der Waals surface area contributed by atoms with Crippen LogP contribution in [0.15, 0.2) is 180 Å². The number of fused-ring (bicyclic) bond motifs is 4. The van der Waals surface area contributed by atoms with Gasteiger partial charge in [-0.2, -0.15) is 0 Å². The van der Waals surface area contributed by atoms with Gasteiger partial charge in [-0.05, 0) is 100 Å². The number of hydrogen-bond donors (Lipinski definition) is 1. The Kier molecular flexibility index (Phi) is 7.77. The fraction of sp³-hybridized carbons (Fsp3) is 0.0200. The summed E-state index contributed by atoms with van der Waals surface area (Å²) in [5.41, 5.74) is 15.1. The number of aromatic nitrogens is 3. The summed E-state index contributed by atoms with van der Waals surface area (Å²) >= 11 is 0. The van der Waals surface area contributed by atoms with E-state index in [0.29, 0.717) is 5.71 Å². The van der Waals surface area contributed by atoms with Crippen molar-refractivity contribution in [3.63, 3.8) is 0 Å². The van der Waals surface area contributed by atoms with Gasteiger partial charge in [0.25, 0.3) is 0 Å². The number of hydrogen-bond acceptors (Lipinski definition) is 5. The second kappa shape index (κ2) is 13.2. The van der Waals surface area contributed by atoms with Crippen LogP contribution in [-0.2, 0) is 0 Å². The Labute approximate surface area is 317 Å². The molecule has 0 atom stereocenters. The lowest BCUT2D eigenvalue weighted by Gasteiger charge is -2.15. The van der Waals surface area contributed by atoms with Gasteiger partial charge < -0.3 is 9.52 Å². The summed E-state index contributed by atoms with van der Waals surface area (Å²) in [6.07, 6.45) is 1.91. The van der Waals surface area contributed by atoms with Crippen molar-refractivity contribution in [2.24, 2.45) is 0 Å². The third kappa shape index (κ3) is 5.88. The molecule has 4 aromatic heterocycles. The van der Waals surface area contributed by atoms with Gasteiger partial charge in [0.05, 0.1) is 16.9 Å². The molecule has 55 heavy (non-hydrogen) atoms. The lowest BCUT2D eigenvalue weighted by Crippen LogP contribution is -1.90. The second-order valence-corrected chi connectivity index (χ2v) is 13.8. The van der Waals surface area contributed by atoms with Crippen molar-refractivity contribution in [1.82, 2.24) is 15.0 Å². The van der Waals surface area contributed by atoms with Crippen LogP contribution >= 0.6 is 0 Å². The van der Waals surface area contributed by atoms with Gasteiger partial charge in [0.15, 0.2) is 0 Å². The number of rotatable bonds is 6. The molecule has 0 radical (unpaired) electrons. The fourth-order valence-corrected chi connectivity index (χ4v) is 7.63. The molecule has 0 saturated heterocycles. The molecule has 6 aromatic carbocycles. The number of aromatic hydroxyl groups is 1. The van der Waals surface area contributed by atoms with Gasteiger partial charge in [-0.3, -0.25) is 4.98 Å². The molecule has 0 saturated carbocycles. The van der Waals surface area contributed by atoms with Gasteiger partial charge >= 0.3 is 0 Å². The Hall–Kier alpha value is -7.37. The smallest absolute Gasteiger partial charge is 0.227 e. The van der Waals surface area contributed by atoms with E-state index in [2.05, 4.69) is 102 Å². The van der Waals surface area contributed by atoms with Gasteiger partial charge in [-0.15, -0.1) is 0 Å². The molecular weight excluding hydrogens is 675 g/mol. The summed E-state index contributed by atoms with van der Waals surface area (Å²) in [4.78, 5) is 14.4. The van der Waals surface area contributed by atoms with E-state index in [4.69, 9.17) is 14.4 Å². The highest BCUT2D eigenvalue weighted by atomic mass is 16.3. The summed E-state index contributed by atoms with van der Waals surface area (Å²) in [5, 5.41) is 14.3. The Morgan fingerprint density at radius 3 is 1.80 bits per heavy atom. The topological polar surface area (TPSA) is 72.0 Å². The van der Waals surface area contributed by atoms with Crippen LogP contribution in [0, 0.1) is 6.92 Å². The van der Waals surface area contributed by atoms with Crippen LogP contribution in [0.3, 0.4) is 0 Å². The van der Waals surface area contributed by atoms with Crippen molar-refractivity contribution in [2.45, 2.75) is 6.92 Å². The minimum atomic E-state index is 0.201. The van der Waals surface area contributed by atoms with Crippen molar-refractivity contribution in [1.29, 1.82) is 0 Å². The van der Waals surface area contributed by atoms with Gasteiger partial charge in [-0.25, -0.2) is 9.97 Å². The fourth-order valence-electron chi connectivity index (χ4n) is 7.63. The molecule has 260 valence electrons. The van der Waals surface area contributed by atoms with E-state index in [9.17, 15) is 5.11 Å². The number of benzene rings is 6. The normalized spacial score (nSPS) is 11.4. The van der Waals surface area contributed by atoms with Crippen LogP contribution < -0.4 is 0 Å². The van der Waals surface area contributed by atoms with Crippen LogP contribution in [0.2, 0.25) is 0 Å². The van der Waals surface area contributed by atoms with Crippen LogP contribution in [0.4, 0.5) is 0 Å². The molecule has 0 amide bonds. The first-order valence-electron chi connectivity index (χ1n) is 18.3. The zero-order chi connectivity index (χ0) is 36.9. The van der Waals surface area contributed by atoms with E-state index in [0.717, 1.165) is 100.0 Å². The molecule has 1 N–H and O–H groups in total. The van der Waals surface area contributed by atoms with Crippen molar-refractivity contribution < 1.29 is 9.52 Å². The molecule has 0 fully saturated rings. The van der Waals surface area contributed by atoms with E-state index >= 15 is 0 Å². The highest BCUT2D eigenvalue weighted by molar-refractivity contribution is 6.08. The van der Waals surface area contributed by atoms with Gasteiger partial charge in [0.1, 0.15) is 11.3 Å². The van der Waals surface area contributed by atoms with Crippen molar-refractivity contribution >= 4 is 33.0 Å². The third-order valence-electron chi connectivity index (χ3n) is 10.3. The van der Waals surface area contributed by atoms with E-state index < -0.39 is 0 Å². The quantitative estimate of drug-likeness (QED) is 0.186. The van der Waals surface area contributed by atoms with E-state index in [-0.39, 0.29) is 5.75 Å². The average molecular weight is 708 g/mol. The van der Waals surface area contributed by atoms with Gasteiger partial charge in [0, 0.05) is 44.7 Å². The Morgan fingerprint density at radius 2 is 1.07 bits per heavy atom. The predicted molar refractivity (Wildman–Crippen MR) is 224 cm³/mol. The lowest BCUT2D eigenvalue weighted by atomic mass is 9.90. The first kappa shape index (κ1) is 32.3. The molecule has 0 spiro atoms. The lowest BCUT2D eigenvalue weighted by molar-refractivity contribution is 0.476. The first-order valence-corrected chi connectivity index (χ1v) is 18.3. The molecule has 4 heterocycles. The Balaban J connectivity index is 0.986. The zero-order valence-corrected chi connectivity index (χ0v) is 29.9. The van der Waals surface area contributed by atoms with Crippen molar-refractivity contribution in [2.75, 3.05) is 0 Å². The average Bonchev–Trinajstić information content (AvgIpc) is 3.61. The predicted octanol–water partition coefficient (Wildman–Crippen LogP) is 12.9. The summed E-state index contributed by atoms with van der Waals surface area (Å²) in [5.74, 6) is 0.201. The highest BCUT2D eigenvalue weighted by Gasteiger charge is 2.16. The number of para-hydroxylation sites is 2. The Morgan fingerprint density at radius 1 is 0.455 bits per heavy atom. The molecule has 0 bridgehead atoms. The molecule has 0 aliphatic heterocycles. The SMILES string of the molecule is Cc1ccc2c(n1)oc1c(-c3ccc(-c4ccccc4-c4cc(O)cc(-c5ccccc5-c5ccc(-c6ccc7ccccc7n6)cc5)c4)cn3)cccc12. The maximum Gasteiger partial charge on any atom is 0.227 e. The number of pyridine rings is 3. The summed E-state index contributed by atoms with van der Waals surface area (Å²) < 4.78 is 6.27. The van der Waals surface area contributed by atoms with E-state index in [1.165, 1.54) is 0 Å². The van der Waals surface area contributed by atoms with Gasteiger partial charge in [0.2, 0.25) is 5.71 Å². The summed E-state index contributed by atoms with van der Waals surface area (Å²) in [6, 6.07) is 57.7.